The monoisotopic (exact) mass is 323 g/mol. The molecule has 110 valence electrons. The number of nitro benzene ring substituents is 1. The van der Waals surface area contributed by atoms with Gasteiger partial charge in [0, 0.05) is 19.2 Å². The lowest BCUT2D eigenvalue weighted by atomic mass is 10.2. The number of thiazole rings is 1. The smallest absolute Gasteiger partial charge is 0.294 e. The molecule has 1 saturated heterocycles. The highest BCUT2D eigenvalue weighted by molar-refractivity contribution is 7.80. The van der Waals surface area contributed by atoms with Gasteiger partial charge in [0.2, 0.25) is 0 Å². The van der Waals surface area contributed by atoms with Crippen LogP contribution in [0.1, 0.15) is 12.8 Å². The van der Waals surface area contributed by atoms with Gasteiger partial charge in [0.15, 0.2) is 10.2 Å². The number of fused-ring (bicyclic) bond motifs is 1. The van der Waals surface area contributed by atoms with Crippen LogP contribution in [0.15, 0.2) is 12.1 Å². The van der Waals surface area contributed by atoms with E-state index >= 15 is 0 Å². The van der Waals surface area contributed by atoms with Crippen molar-refractivity contribution in [2.24, 2.45) is 5.73 Å². The molecule has 2 aromatic rings. The molecule has 2 heterocycles. The van der Waals surface area contributed by atoms with Gasteiger partial charge in [-0.2, -0.15) is 0 Å². The molecule has 3 rings (SSSR count). The fraction of sp³-hybridized carbons (Fsp3) is 0.333. The number of thiocarbonyl (C=S) groups is 1. The van der Waals surface area contributed by atoms with Crippen LogP contribution in [-0.2, 0) is 0 Å². The third-order valence-corrected chi connectivity index (χ3v) is 4.39. The lowest BCUT2D eigenvalue weighted by Gasteiger charge is -2.17. The molecule has 0 saturated carbocycles. The van der Waals surface area contributed by atoms with Crippen LogP contribution in [0.5, 0.6) is 0 Å². The second kappa shape index (κ2) is 5.41. The van der Waals surface area contributed by atoms with Crippen molar-refractivity contribution < 1.29 is 4.92 Å². The lowest BCUT2D eigenvalue weighted by molar-refractivity contribution is -0.384. The lowest BCUT2D eigenvalue weighted by Crippen LogP contribution is -2.18. The molecule has 0 spiro atoms. The van der Waals surface area contributed by atoms with E-state index < -0.39 is 0 Å². The van der Waals surface area contributed by atoms with Crippen molar-refractivity contribution in [3.8, 4) is 0 Å². The van der Waals surface area contributed by atoms with E-state index in [2.05, 4.69) is 15.2 Å². The van der Waals surface area contributed by atoms with Gasteiger partial charge in [-0.05, 0) is 31.1 Å². The summed E-state index contributed by atoms with van der Waals surface area (Å²) in [4.78, 5) is 17.3. The molecule has 1 fully saturated rings. The standard InChI is InChI=1S/C12H13N5O2S2/c13-11(20)15-12-14-7-5-9(17(18)19)8(6-10(7)21-12)16-3-1-2-4-16/h5-6H,1-4H2,(H3,13,14,15,20). The number of nitrogens with zero attached hydrogens (tertiary/aromatic N) is 3. The molecule has 0 amide bonds. The maximum atomic E-state index is 11.3. The molecular weight excluding hydrogens is 310 g/mol. The molecule has 1 aliphatic heterocycles. The fourth-order valence-corrected chi connectivity index (χ4v) is 3.52. The maximum absolute atomic E-state index is 11.3. The highest BCUT2D eigenvalue weighted by atomic mass is 32.1. The molecule has 21 heavy (non-hydrogen) atoms. The van der Waals surface area contributed by atoms with Crippen molar-refractivity contribution in [1.29, 1.82) is 0 Å². The number of nitrogens with two attached hydrogens (primary N) is 1. The van der Waals surface area contributed by atoms with Crippen molar-refractivity contribution in [3.63, 3.8) is 0 Å². The summed E-state index contributed by atoms with van der Waals surface area (Å²) in [7, 11) is 0. The SMILES string of the molecule is NC(=S)Nc1nc2cc([N+](=O)[O-])c(N3CCCC3)cc2s1. The highest BCUT2D eigenvalue weighted by Gasteiger charge is 2.24. The Hall–Kier alpha value is -2.00. The molecule has 0 unspecified atom stereocenters. The predicted octanol–water partition coefficient (Wildman–Crippen LogP) is 2.46. The zero-order valence-corrected chi connectivity index (χ0v) is 12.7. The number of hydrogen-bond acceptors (Lipinski definition) is 6. The number of nitrogens with one attached hydrogen (secondary N) is 1. The van der Waals surface area contributed by atoms with E-state index in [0.29, 0.717) is 16.3 Å². The van der Waals surface area contributed by atoms with Gasteiger partial charge in [0.05, 0.1) is 15.1 Å². The molecule has 7 nitrogen and oxygen atoms in total. The summed E-state index contributed by atoms with van der Waals surface area (Å²) in [5.74, 6) is 0. The van der Waals surface area contributed by atoms with E-state index in [1.165, 1.54) is 17.4 Å². The molecule has 0 atom stereocenters. The molecule has 1 aromatic heterocycles. The minimum absolute atomic E-state index is 0.0941. The van der Waals surface area contributed by atoms with E-state index in [1.54, 1.807) is 0 Å². The topological polar surface area (TPSA) is 97.3 Å². The maximum Gasteiger partial charge on any atom is 0.294 e. The predicted molar refractivity (Wildman–Crippen MR) is 88.1 cm³/mol. The first-order chi connectivity index (χ1) is 10.0. The highest BCUT2D eigenvalue weighted by Crippen LogP contribution is 2.37. The van der Waals surface area contributed by atoms with E-state index in [-0.39, 0.29) is 15.7 Å². The van der Waals surface area contributed by atoms with Gasteiger partial charge in [-0.3, -0.25) is 10.1 Å². The molecular formula is C12H13N5O2S2. The number of aromatic nitrogens is 1. The van der Waals surface area contributed by atoms with Crippen LogP contribution in [0.3, 0.4) is 0 Å². The van der Waals surface area contributed by atoms with E-state index in [9.17, 15) is 10.1 Å². The van der Waals surface area contributed by atoms with Gasteiger partial charge in [0.25, 0.3) is 5.69 Å². The van der Waals surface area contributed by atoms with Gasteiger partial charge in [-0.15, -0.1) is 0 Å². The third kappa shape index (κ3) is 2.74. The minimum atomic E-state index is -0.354. The first-order valence-corrected chi connectivity index (χ1v) is 7.67. The van der Waals surface area contributed by atoms with E-state index in [1.807, 2.05) is 6.07 Å². The molecule has 0 radical (unpaired) electrons. The molecule has 3 N–H and O–H groups in total. The van der Waals surface area contributed by atoms with Crippen molar-refractivity contribution in [3.05, 3.63) is 22.2 Å². The summed E-state index contributed by atoms with van der Waals surface area (Å²) in [6.07, 6.45) is 2.12. The molecule has 9 heteroatoms. The Kier molecular flexibility index (Phi) is 3.60. The van der Waals surface area contributed by atoms with Crippen LogP contribution in [0, 0.1) is 10.1 Å². The molecule has 1 aromatic carbocycles. The van der Waals surface area contributed by atoms with E-state index in [4.69, 9.17) is 18.0 Å². The van der Waals surface area contributed by atoms with Crippen molar-refractivity contribution >= 4 is 55.4 Å². The Labute approximate surface area is 129 Å². The summed E-state index contributed by atoms with van der Waals surface area (Å²) in [6, 6.07) is 3.35. The quantitative estimate of drug-likeness (QED) is 0.508. The zero-order chi connectivity index (χ0) is 15.0. The van der Waals surface area contributed by atoms with Gasteiger partial charge in [0.1, 0.15) is 5.69 Å². The first kappa shape index (κ1) is 14.0. The molecule has 0 bridgehead atoms. The summed E-state index contributed by atoms with van der Waals surface area (Å²) in [5, 5.41) is 14.7. The summed E-state index contributed by atoms with van der Waals surface area (Å²) in [6.45, 7) is 1.70. The summed E-state index contributed by atoms with van der Waals surface area (Å²) >= 11 is 6.16. The number of nitro groups is 1. The Bertz CT molecular complexity index is 724. The summed E-state index contributed by atoms with van der Waals surface area (Å²) in [5.41, 5.74) is 6.76. The number of rotatable bonds is 3. The second-order valence-electron chi connectivity index (χ2n) is 4.77. The number of benzene rings is 1. The van der Waals surface area contributed by atoms with Gasteiger partial charge in [-0.25, -0.2) is 4.98 Å². The average Bonchev–Trinajstić information content (AvgIpc) is 3.04. The fourth-order valence-electron chi connectivity index (χ4n) is 2.47. The van der Waals surface area contributed by atoms with Crippen molar-refractivity contribution in [2.45, 2.75) is 12.8 Å². The van der Waals surface area contributed by atoms with Crippen LogP contribution in [-0.4, -0.2) is 28.1 Å². The van der Waals surface area contributed by atoms with Crippen LogP contribution in [0.25, 0.3) is 10.2 Å². The largest absolute Gasteiger partial charge is 0.376 e. The van der Waals surface area contributed by atoms with Crippen LogP contribution >= 0.6 is 23.6 Å². The first-order valence-electron chi connectivity index (χ1n) is 6.45. The number of hydrogen-bond donors (Lipinski definition) is 2. The Balaban J connectivity index is 2.09. The van der Waals surface area contributed by atoms with Crippen molar-refractivity contribution in [1.82, 2.24) is 4.98 Å². The molecule has 1 aliphatic rings. The van der Waals surface area contributed by atoms with E-state index in [0.717, 1.165) is 30.6 Å². The summed E-state index contributed by atoms with van der Waals surface area (Å²) < 4.78 is 0.876. The number of anilines is 2. The minimum Gasteiger partial charge on any atom is -0.376 e. The van der Waals surface area contributed by atoms with Crippen LogP contribution in [0.2, 0.25) is 0 Å². The Morgan fingerprint density at radius 3 is 2.81 bits per heavy atom. The van der Waals surface area contributed by atoms with Gasteiger partial charge in [-0.1, -0.05) is 11.3 Å². The van der Waals surface area contributed by atoms with Crippen LogP contribution < -0.4 is 16.0 Å². The second-order valence-corrected chi connectivity index (χ2v) is 6.24. The third-order valence-electron chi connectivity index (χ3n) is 3.36. The van der Waals surface area contributed by atoms with Gasteiger partial charge >= 0.3 is 0 Å². The Morgan fingerprint density at radius 2 is 2.19 bits per heavy atom. The molecule has 0 aliphatic carbocycles. The Morgan fingerprint density at radius 1 is 1.48 bits per heavy atom. The van der Waals surface area contributed by atoms with Gasteiger partial charge < -0.3 is 16.0 Å². The average molecular weight is 323 g/mol. The van der Waals surface area contributed by atoms with Crippen LogP contribution in [0.4, 0.5) is 16.5 Å². The normalized spacial score (nSPS) is 14.6. The zero-order valence-electron chi connectivity index (χ0n) is 11.0. The van der Waals surface area contributed by atoms with Crippen molar-refractivity contribution in [2.75, 3.05) is 23.3 Å².